The lowest BCUT2D eigenvalue weighted by Crippen LogP contribution is -2.48. The number of anilines is 1. The third-order valence-corrected chi connectivity index (χ3v) is 6.33. The summed E-state index contributed by atoms with van der Waals surface area (Å²) in [4.78, 5) is 21.7. The van der Waals surface area contributed by atoms with Crippen LogP contribution in [-0.2, 0) is 0 Å². The van der Waals surface area contributed by atoms with Crippen LogP contribution in [0.2, 0.25) is 5.02 Å². The first-order valence-corrected chi connectivity index (χ1v) is 10.7. The van der Waals surface area contributed by atoms with Gasteiger partial charge in [0.15, 0.2) is 5.13 Å². The third-order valence-electron chi connectivity index (χ3n) is 5.00. The van der Waals surface area contributed by atoms with Crippen LogP contribution in [0.15, 0.2) is 42.5 Å². The van der Waals surface area contributed by atoms with Crippen molar-refractivity contribution in [1.82, 2.24) is 15.2 Å². The van der Waals surface area contributed by atoms with Gasteiger partial charge in [0.1, 0.15) is 0 Å². The van der Waals surface area contributed by atoms with Gasteiger partial charge in [0.25, 0.3) is 5.91 Å². The van der Waals surface area contributed by atoms with Crippen molar-refractivity contribution >= 4 is 44.2 Å². The summed E-state index contributed by atoms with van der Waals surface area (Å²) in [6.07, 6.45) is 0. The van der Waals surface area contributed by atoms with Gasteiger partial charge in [0.2, 0.25) is 0 Å². The average molecular weight is 415 g/mol. The summed E-state index contributed by atoms with van der Waals surface area (Å²) in [6.45, 7) is 7.49. The molecule has 1 amide bonds. The Hall–Kier alpha value is -2.15. The Bertz CT molecular complexity index is 964. The Morgan fingerprint density at radius 1 is 1.14 bits per heavy atom. The number of carbonyl (C=O) groups is 1. The largest absolute Gasteiger partial charge is 0.351 e. The van der Waals surface area contributed by atoms with E-state index in [1.165, 1.54) is 10.3 Å². The van der Waals surface area contributed by atoms with Crippen LogP contribution in [0.5, 0.6) is 0 Å². The third kappa shape index (κ3) is 4.46. The van der Waals surface area contributed by atoms with E-state index in [1.54, 1.807) is 35.6 Å². The lowest BCUT2D eigenvalue weighted by Gasteiger charge is -2.34. The van der Waals surface area contributed by atoms with Crippen LogP contribution < -0.4 is 10.2 Å². The monoisotopic (exact) mass is 414 g/mol. The summed E-state index contributed by atoms with van der Waals surface area (Å²) < 4.78 is 1.25. The highest BCUT2D eigenvalue weighted by Crippen LogP contribution is 2.29. The molecule has 3 aromatic rings. The maximum absolute atomic E-state index is 12.2. The molecule has 0 radical (unpaired) electrons. The van der Waals surface area contributed by atoms with E-state index < -0.39 is 0 Å². The Kier molecular flexibility index (Phi) is 5.80. The molecule has 1 saturated heterocycles. The average Bonchev–Trinajstić information content (AvgIpc) is 3.12. The number of piperazine rings is 1. The minimum atomic E-state index is -0.0555. The van der Waals surface area contributed by atoms with Gasteiger partial charge in [-0.1, -0.05) is 29.0 Å². The van der Waals surface area contributed by atoms with Gasteiger partial charge in [0, 0.05) is 49.9 Å². The fourth-order valence-electron chi connectivity index (χ4n) is 3.35. The highest BCUT2D eigenvalue weighted by molar-refractivity contribution is 7.22. The van der Waals surface area contributed by atoms with Crippen LogP contribution in [0.1, 0.15) is 15.9 Å². The Balaban J connectivity index is 1.24. The maximum Gasteiger partial charge on any atom is 0.251 e. The molecule has 2 aromatic carbocycles. The summed E-state index contributed by atoms with van der Waals surface area (Å²) in [7, 11) is 0. The van der Waals surface area contributed by atoms with Crippen LogP contribution in [-0.4, -0.2) is 55.1 Å². The molecule has 0 unspecified atom stereocenters. The molecule has 2 heterocycles. The number of nitrogens with zero attached hydrogens (tertiary/aromatic N) is 3. The van der Waals surface area contributed by atoms with Crippen LogP contribution >= 0.6 is 22.9 Å². The molecule has 146 valence electrons. The van der Waals surface area contributed by atoms with Crippen LogP contribution in [0.4, 0.5) is 5.13 Å². The normalized spacial score (nSPS) is 15.1. The predicted molar refractivity (Wildman–Crippen MR) is 117 cm³/mol. The number of carbonyl (C=O) groups excluding carboxylic acids is 1. The van der Waals surface area contributed by atoms with E-state index >= 15 is 0 Å². The topological polar surface area (TPSA) is 48.5 Å². The fourth-order valence-corrected chi connectivity index (χ4v) is 4.59. The second-order valence-corrected chi connectivity index (χ2v) is 8.50. The van der Waals surface area contributed by atoms with E-state index in [0.717, 1.165) is 43.4 Å². The zero-order chi connectivity index (χ0) is 19.5. The van der Waals surface area contributed by atoms with E-state index in [0.29, 0.717) is 17.1 Å². The number of hydrogen-bond acceptors (Lipinski definition) is 5. The molecule has 5 nitrogen and oxygen atoms in total. The molecule has 7 heteroatoms. The second kappa shape index (κ2) is 8.47. The molecule has 1 aliphatic rings. The van der Waals surface area contributed by atoms with Gasteiger partial charge in [-0.15, -0.1) is 0 Å². The first-order chi connectivity index (χ1) is 13.6. The zero-order valence-electron chi connectivity index (χ0n) is 15.8. The predicted octanol–water partition coefficient (Wildman–Crippen LogP) is 3.81. The number of aromatic nitrogens is 1. The fraction of sp³-hybridized carbons (Fsp3) is 0.333. The molecule has 4 rings (SSSR count). The number of halogens is 1. The molecule has 0 spiro atoms. The van der Waals surface area contributed by atoms with E-state index in [2.05, 4.69) is 40.2 Å². The second-order valence-electron chi connectivity index (χ2n) is 7.06. The molecular formula is C21H23ClN4OS. The van der Waals surface area contributed by atoms with Gasteiger partial charge in [0.05, 0.1) is 10.2 Å². The molecule has 0 bridgehead atoms. The standard InChI is InChI=1S/C21H23ClN4OS/c1-15-2-7-18-19(14-15)28-21(24-18)26-12-10-25(11-13-26)9-8-23-20(27)16-3-5-17(22)6-4-16/h2-7,14H,8-13H2,1H3,(H,23,27). The lowest BCUT2D eigenvalue weighted by atomic mass is 10.2. The Labute approximate surface area is 173 Å². The molecule has 0 atom stereocenters. The molecule has 1 N–H and O–H groups in total. The Morgan fingerprint density at radius 2 is 1.89 bits per heavy atom. The molecule has 0 saturated carbocycles. The summed E-state index contributed by atoms with van der Waals surface area (Å²) in [5.41, 5.74) is 2.99. The van der Waals surface area contributed by atoms with Crippen molar-refractivity contribution < 1.29 is 4.79 Å². The van der Waals surface area contributed by atoms with Gasteiger partial charge < -0.3 is 10.2 Å². The molecule has 28 heavy (non-hydrogen) atoms. The molecule has 1 fully saturated rings. The number of fused-ring (bicyclic) bond motifs is 1. The Morgan fingerprint density at radius 3 is 2.64 bits per heavy atom. The van der Waals surface area contributed by atoms with Crippen molar-refractivity contribution in [2.24, 2.45) is 0 Å². The van der Waals surface area contributed by atoms with E-state index in [9.17, 15) is 4.79 Å². The smallest absolute Gasteiger partial charge is 0.251 e. The number of rotatable bonds is 5. The highest BCUT2D eigenvalue weighted by Gasteiger charge is 2.19. The first kappa shape index (κ1) is 19.2. The van der Waals surface area contributed by atoms with Crippen molar-refractivity contribution in [3.8, 4) is 0 Å². The first-order valence-electron chi connectivity index (χ1n) is 9.47. The number of aryl methyl sites for hydroxylation is 1. The van der Waals surface area contributed by atoms with Gasteiger partial charge in [-0.3, -0.25) is 9.69 Å². The summed E-state index contributed by atoms with van der Waals surface area (Å²) in [5.74, 6) is -0.0555. The van der Waals surface area contributed by atoms with Crippen LogP contribution in [0.25, 0.3) is 10.2 Å². The van der Waals surface area contributed by atoms with Crippen molar-refractivity contribution in [1.29, 1.82) is 0 Å². The highest BCUT2D eigenvalue weighted by atomic mass is 35.5. The van der Waals surface area contributed by atoms with Gasteiger partial charge in [-0.2, -0.15) is 0 Å². The van der Waals surface area contributed by atoms with Crippen molar-refractivity contribution in [2.45, 2.75) is 6.92 Å². The van der Waals surface area contributed by atoms with Gasteiger partial charge >= 0.3 is 0 Å². The van der Waals surface area contributed by atoms with Gasteiger partial charge in [-0.05, 0) is 48.9 Å². The number of amides is 1. The van der Waals surface area contributed by atoms with E-state index in [4.69, 9.17) is 16.6 Å². The van der Waals surface area contributed by atoms with E-state index in [1.807, 2.05) is 0 Å². The van der Waals surface area contributed by atoms with E-state index in [-0.39, 0.29) is 5.91 Å². The number of thiazole rings is 1. The summed E-state index contributed by atoms with van der Waals surface area (Å²) >= 11 is 7.63. The quantitative estimate of drug-likeness (QED) is 0.689. The number of nitrogens with one attached hydrogen (secondary N) is 1. The minimum Gasteiger partial charge on any atom is -0.351 e. The van der Waals surface area contributed by atoms with Crippen molar-refractivity contribution in [3.05, 3.63) is 58.6 Å². The molecule has 0 aliphatic carbocycles. The number of benzene rings is 2. The molecule has 1 aromatic heterocycles. The molecule has 1 aliphatic heterocycles. The minimum absolute atomic E-state index is 0.0555. The summed E-state index contributed by atoms with van der Waals surface area (Å²) in [5, 5.41) is 4.73. The van der Waals surface area contributed by atoms with Gasteiger partial charge in [-0.25, -0.2) is 4.98 Å². The zero-order valence-corrected chi connectivity index (χ0v) is 17.4. The maximum atomic E-state index is 12.2. The van der Waals surface area contributed by atoms with Crippen LogP contribution in [0, 0.1) is 6.92 Å². The SMILES string of the molecule is Cc1ccc2nc(N3CCN(CCNC(=O)c4ccc(Cl)cc4)CC3)sc2c1. The summed E-state index contributed by atoms with van der Waals surface area (Å²) in [6, 6.07) is 13.4. The van der Waals surface area contributed by atoms with Crippen LogP contribution in [0.3, 0.4) is 0 Å². The van der Waals surface area contributed by atoms with Crippen molar-refractivity contribution in [2.75, 3.05) is 44.2 Å². The number of hydrogen-bond donors (Lipinski definition) is 1. The molecular weight excluding hydrogens is 392 g/mol. The lowest BCUT2D eigenvalue weighted by molar-refractivity contribution is 0.0948. The van der Waals surface area contributed by atoms with Crippen molar-refractivity contribution in [3.63, 3.8) is 0 Å².